The zero-order chi connectivity index (χ0) is 14.1. The van der Waals surface area contributed by atoms with Crippen LogP contribution >= 0.6 is 11.6 Å². The molecule has 1 aromatic rings. The van der Waals surface area contributed by atoms with Crippen molar-refractivity contribution in [3.05, 3.63) is 28.8 Å². The van der Waals surface area contributed by atoms with Crippen molar-refractivity contribution in [1.29, 1.82) is 0 Å². The Bertz CT molecular complexity index is 500. The molecule has 0 heterocycles. The van der Waals surface area contributed by atoms with Gasteiger partial charge in [-0.1, -0.05) is 11.6 Å². The van der Waals surface area contributed by atoms with E-state index in [0.717, 1.165) is 0 Å². The third kappa shape index (κ3) is 2.56. The highest BCUT2D eigenvalue weighted by Gasteiger charge is 2.33. The number of likely N-dealkylation sites (N-methyl/N-ethyl adjacent to an activating group) is 1. The Morgan fingerprint density at radius 1 is 1.39 bits per heavy atom. The van der Waals surface area contributed by atoms with Gasteiger partial charge in [0.05, 0.1) is 11.3 Å². The lowest BCUT2D eigenvalue weighted by Crippen LogP contribution is -2.48. The van der Waals surface area contributed by atoms with Gasteiger partial charge in [-0.25, -0.2) is 4.79 Å². The lowest BCUT2D eigenvalue weighted by Gasteiger charge is -2.34. The van der Waals surface area contributed by atoms with Crippen LogP contribution in [0.25, 0.3) is 0 Å². The zero-order valence-electron chi connectivity index (χ0n) is 10.4. The Kier molecular flexibility index (Phi) is 3.86. The van der Waals surface area contributed by atoms with E-state index in [4.69, 9.17) is 17.3 Å². The summed E-state index contributed by atoms with van der Waals surface area (Å²) in [4.78, 5) is 24.0. The summed E-state index contributed by atoms with van der Waals surface area (Å²) in [5.74, 6) is -1.66. The summed E-state index contributed by atoms with van der Waals surface area (Å²) in [6.07, 6.45) is 0. The highest BCUT2D eigenvalue weighted by molar-refractivity contribution is 6.31. The number of carboxylic acids is 1. The van der Waals surface area contributed by atoms with Gasteiger partial charge in [-0.05, 0) is 32.0 Å². The second kappa shape index (κ2) is 4.86. The number of anilines is 1. The number of nitrogens with two attached hydrogens (primary N) is 1. The summed E-state index contributed by atoms with van der Waals surface area (Å²) < 4.78 is 0. The summed E-state index contributed by atoms with van der Waals surface area (Å²) in [5, 5.41) is 9.54. The number of rotatable bonds is 4. The van der Waals surface area contributed by atoms with Gasteiger partial charge >= 0.3 is 5.97 Å². The van der Waals surface area contributed by atoms with E-state index in [1.807, 2.05) is 0 Å². The minimum atomic E-state index is -1.17. The molecule has 0 fully saturated rings. The third-order valence-electron chi connectivity index (χ3n) is 2.95. The molecule has 0 aliphatic rings. The first-order valence-corrected chi connectivity index (χ1v) is 5.62. The molecule has 0 atom stereocenters. The average molecular weight is 271 g/mol. The van der Waals surface area contributed by atoms with E-state index in [9.17, 15) is 14.7 Å². The van der Waals surface area contributed by atoms with E-state index in [0.29, 0.717) is 10.7 Å². The maximum absolute atomic E-state index is 11.4. The van der Waals surface area contributed by atoms with Crippen molar-refractivity contribution in [1.82, 2.24) is 0 Å². The van der Waals surface area contributed by atoms with Gasteiger partial charge in [0.2, 0.25) is 0 Å². The highest BCUT2D eigenvalue weighted by atomic mass is 35.5. The number of hydrogen-bond acceptors (Lipinski definition) is 3. The minimum absolute atomic E-state index is 0.194. The molecule has 1 amide bonds. The van der Waals surface area contributed by atoms with Gasteiger partial charge in [-0.2, -0.15) is 0 Å². The van der Waals surface area contributed by atoms with Crippen molar-refractivity contribution < 1.29 is 14.7 Å². The van der Waals surface area contributed by atoms with Gasteiger partial charge in [-0.3, -0.25) is 4.79 Å². The first kappa shape index (κ1) is 14.3. The molecular formula is C12H15ClN2O3. The van der Waals surface area contributed by atoms with E-state index in [2.05, 4.69) is 0 Å². The maximum atomic E-state index is 11.4. The summed E-state index contributed by atoms with van der Waals surface area (Å²) in [5.41, 5.74) is 4.72. The Morgan fingerprint density at radius 2 is 1.94 bits per heavy atom. The molecule has 5 nitrogen and oxygen atoms in total. The molecule has 3 N–H and O–H groups in total. The molecule has 0 radical (unpaired) electrons. The molecule has 0 spiro atoms. The average Bonchev–Trinajstić information content (AvgIpc) is 2.27. The van der Waals surface area contributed by atoms with Crippen LogP contribution in [0.5, 0.6) is 0 Å². The monoisotopic (exact) mass is 270 g/mol. The number of benzene rings is 1. The van der Waals surface area contributed by atoms with Crippen molar-refractivity contribution in [2.75, 3.05) is 11.9 Å². The quantitative estimate of drug-likeness (QED) is 0.873. The van der Waals surface area contributed by atoms with E-state index in [-0.39, 0.29) is 5.56 Å². The van der Waals surface area contributed by atoms with Gasteiger partial charge in [0.15, 0.2) is 0 Å². The van der Waals surface area contributed by atoms with Gasteiger partial charge in [0, 0.05) is 12.1 Å². The second-order valence-corrected chi connectivity index (χ2v) is 4.89. The maximum Gasteiger partial charge on any atom is 0.328 e. The normalized spacial score (nSPS) is 11.1. The molecule has 0 aromatic heterocycles. The van der Waals surface area contributed by atoms with Crippen LogP contribution < -0.4 is 10.6 Å². The van der Waals surface area contributed by atoms with Gasteiger partial charge in [-0.15, -0.1) is 0 Å². The number of halogens is 1. The molecule has 0 unspecified atom stereocenters. The SMILES string of the molecule is CN(c1ccc(Cl)cc1C(N)=O)C(C)(C)C(=O)O. The molecule has 0 saturated heterocycles. The van der Waals surface area contributed by atoms with Gasteiger partial charge < -0.3 is 15.7 Å². The fraction of sp³-hybridized carbons (Fsp3) is 0.333. The largest absolute Gasteiger partial charge is 0.480 e. The Morgan fingerprint density at radius 3 is 2.39 bits per heavy atom. The first-order chi connectivity index (χ1) is 8.17. The van der Waals surface area contributed by atoms with Crippen LogP contribution in [0.15, 0.2) is 18.2 Å². The summed E-state index contributed by atoms with van der Waals surface area (Å²) in [7, 11) is 1.59. The topological polar surface area (TPSA) is 83.6 Å². The lowest BCUT2D eigenvalue weighted by atomic mass is 10.0. The molecule has 0 saturated carbocycles. The predicted molar refractivity (Wildman–Crippen MR) is 70.1 cm³/mol. The molecule has 0 bridgehead atoms. The fourth-order valence-corrected chi connectivity index (χ4v) is 1.61. The first-order valence-electron chi connectivity index (χ1n) is 5.24. The molecule has 1 aromatic carbocycles. The third-order valence-corrected chi connectivity index (χ3v) is 3.18. The number of primary amides is 1. The molecule has 0 aliphatic carbocycles. The highest BCUT2D eigenvalue weighted by Crippen LogP contribution is 2.28. The fourth-order valence-electron chi connectivity index (χ4n) is 1.44. The Labute approximate surface area is 110 Å². The van der Waals surface area contributed by atoms with E-state index >= 15 is 0 Å². The predicted octanol–water partition coefficient (Wildman–Crippen LogP) is 1.74. The van der Waals surface area contributed by atoms with E-state index in [1.165, 1.54) is 24.8 Å². The standard InChI is InChI=1S/C12H15ClN2O3/c1-12(2,11(17)18)15(3)9-5-4-7(13)6-8(9)10(14)16/h4-6H,1-3H3,(H2,14,16)(H,17,18). The molecule has 6 heteroatoms. The number of amides is 1. The smallest absolute Gasteiger partial charge is 0.328 e. The van der Waals surface area contributed by atoms with Crippen LogP contribution in [-0.4, -0.2) is 29.6 Å². The van der Waals surface area contributed by atoms with Crippen LogP contribution in [0.1, 0.15) is 24.2 Å². The Balaban J connectivity index is 3.33. The van der Waals surface area contributed by atoms with Crippen molar-refractivity contribution >= 4 is 29.2 Å². The van der Waals surface area contributed by atoms with Gasteiger partial charge in [0.1, 0.15) is 5.54 Å². The lowest BCUT2D eigenvalue weighted by molar-refractivity contribution is -0.142. The van der Waals surface area contributed by atoms with Gasteiger partial charge in [0.25, 0.3) is 5.91 Å². The van der Waals surface area contributed by atoms with Crippen molar-refractivity contribution in [3.8, 4) is 0 Å². The molecule has 0 aliphatic heterocycles. The van der Waals surface area contributed by atoms with E-state index in [1.54, 1.807) is 19.2 Å². The van der Waals surface area contributed by atoms with Crippen LogP contribution in [-0.2, 0) is 4.79 Å². The Hall–Kier alpha value is -1.75. The van der Waals surface area contributed by atoms with Crippen molar-refractivity contribution in [3.63, 3.8) is 0 Å². The number of carbonyl (C=O) groups is 2. The van der Waals surface area contributed by atoms with Crippen molar-refractivity contribution in [2.45, 2.75) is 19.4 Å². The number of carbonyl (C=O) groups excluding carboxylic acids is 1. The van der Waals surface area contributed by atoms with Crippen LogP contribution in [0, 0.1) is 0 Å². The molecule has 1 rings (SSSR count). The summed E-state index contributed by atoms with van der Waals surface area (Å²) >= 11 is 5.80. The van der Waals surface area contributed by atoms with Crippen molar-refractivity contribution in [2.24, 2.45) is 5.73 Å². The summed E-state index contributed by atoms with van der Waals surface area (Å²) in [6.45, 7) is 3.07. The number of aliphatic carboxylic acids is 1. The minimum Gasteiger partial charge on any atom is -0.480 e. The summed E-state index contributed by atoms with van der Waals surface area (Å²) in [6, 6.07) is 4.58. The van der Waals surface area contributed by atoms with Crippen LogP contribution in [0.4, 0.5) is 5.69 Å². The molecule has 98 valence electrons. The molecule has 18 heavy (non-hydrogen) atoms. The van der Waals surface area contributed by atoms with E-state index < -0.39 is 17.4 Å². The number of carboxylic acid groups (broad SMARTS) is 1. The second-order valence-electron chi connectivity index (χ2n) is 4.45. The number of nitrogens with zero attached hydrogens (tertiary/aromatic N) is 1. The number of hydrogen-bond donors (Lipinski definition) is 2. The van der Waals surface area contributed by atoms with Crippen LogP contribution in [0.2, 0.25) is 5.02 Å². The zero-order valence-corrected chi connectivity index (χ0v) is 11.2. The van der Waals surface area contributed by atoms with Crippen LogP contribution in [0.3, 0.4) is 0 Å². The molecular weight excluding hydrogens is 256 g/mol.